The Labute approximate surface area is 223 Å². The maximum Gasteiger partial charge on any atom is 0.259 e. The highest BCUT2D eigenvalue weighted by atomic mass is 16.5. The fourth-order valence-corrected chi connectivity index (χ4v) is 4.53. The lowest BCUT2D eigenvalue weighted by Crippen LogP contribution is -2.35. The molecule has 1 atom stereocenters. The molecule has 4 aromatic carbocycles. The number of hydrogen-bond acceptors (Lipinski definition) is 6. The van der Waals surface area contributed by atoms with E-state index >= 15 is 0 Å². The minimum atomic E-state index is -0.451. The Bertz CT molecular complexity index is 1430. The second-order valence-corrected chi connectivity index (χ2v) is 9.26. The van der Waals surface area contributed by atoms with E-state index in [4.69, 9.17) is 10.5 Å². The van der Waals surface area contributed by atoms with Crippen LogP contribution in [0, 0.1) is 0 Å². The van der Waals surface area contributed by atoms with Gasteiger partial charge < -0.3 is 20.9 Å². The van der Waals surface area contributed by atoms with Crippen LogP contribution in [-0.2, 0) is 5.54 Å². The van der Waals surface area contributed by atoms with E-state index in [2.05, 4.69) is 29.4 Å². The fourth-order valence-electron chi connectivity index (χ4n) is 4.53. The van der Waals surface area contributed by atoms with Crippen molar-refractivity contribution in [3.05, 3.63) is 90.0 Å². The van der Waals surface area contributed by atoms with Crippen LogP contribution in [0.4, 0.5) is 17.1 Å². The Hall–Kier alpha value is -4.23. The number of ether oxygens (including phenoxy) is 1. The number of carbonyl (C=O) groups excluding carboxylic acids is 1. The van der Waals surface area contributed by atoms with Gasteiger partial charge in [-0.15, -0.1) is 5.11 Å². The minimum absolute atomic E-state index is 0.109. The second kappa shape index (κ2) is 11.9. The molecule has 0 bridgehead atoms. The molecule has 4 rings (SSSR count). The molecule has 7 heteroatoms. The van der Waals surface area contributed by atoms with E-state index in [0.29, 0.717) is 29.1 Å². The second-order valence-electron chi connectivity index (χ2n) is 9.26. The summed E-state index contributed by atoms with van der Waals surface area (Å²) in [6, 6.07) is 23.8. The smallest absolute Gasteiger partial charge is 0.259 e. The molecule has 0 saturated heterocycles. The van der Waals surface area contributed by atoms with Crippen molar-refractivity contribution in [2.24, 2.45) is 16.0 Å². The highest BCUT2D eigenvalue weighted by molar-refractivity contribution is 6.11. The zero-order chi connectivity index (χ0) is 27.1. The van der Waals surface area contributed by atoms with Gasteiger partial charge >= 0.3 is 0 Å². The number of phenolic OH excluding ortho intramolecular Hbond substituents is 1. The van der Waals surface area contributed by atoms with E-state index < -0.39 is 5.91 Å². The number of rotatable bonds is 10. The number of nitrogens with two attached hydrogens (primary N) is 1. The number of benzene rings is 4. The van der Waals surface area contributed by atoms with Gasteiger partial charge in [0.15, 0.2) is 5.75 Å². The molecule has 1 unspecified atom stereocenters. The van der Waals surface area contributed by atoms with Crippen molar-refractivity contribution in [2.75, 3.05) is 11.9 Å². The van der Waals surface area contributed by atoms with Crippen molar-refractivity contribution >= 4 is 33.7 Å². The number of aromatic hydroxyl groups is 1. The number of nitrogens with one attached hydrogen (secondary N) is 1. The summed E-state index contributed by atoms with van der Waals surface area (Å²) in [5.41, 5.74) is 8.85. The standard InChI is InChI=1S/C31H34N4O3/c1-4-19-31(32,5-2)22-11-13-24(14-12-22)34-35-28-26-10-8-7-9-21(26)20-27(29(28)36)30(37)33-23-15-17-25(18-16-23)38-6-3/h7-18,20,36H,4-6,19,32H2,1-3H3,(H,33,37). The number of anilines is 1. The van der Waals surface area contributed by atoms with Gasteiger partial charge in [-0.2, -0.15) is 5.11 Å². The largest absolute Gasteiger partial charge is 0.505 e. The summed E-state index contributed by atoms with van der Waals surface area (Å²) in [6.07, 6.45) is 2.74. The van der Waals surface area contributed by atoms with Crippen LogP contribution >= 0.6 is 0 Å². The molecule has 1 amide bonds. The third kappa shape index (κ3) is 5.84. The van der Waals surface area contributed by atoms with E-state index in [1.807, 2.05) is 55.5 Å². The van der Waals surface area contributed by atoms with E-state index in [0.717, 1.165) is 30.2 Å². The molecule has 0 aromatic heterocycles. The topological polar surface area (TPSA) is 109 Å². The van der Waals surface area contributed by atoms with Gasteiger partial charge in [0.25, 0.3) is 5.91 Å². The fraction of sp³-hybridized carbons (Fsp3) is 0.258. The van der Waals surface area contributed by atoms with Crippen LogP contribution < -0.4 is 15.8 Å². The zero-order valence-corrected chi connectivity index (χ0v) is 22.1. The van der Waals surface area contributed by atoms with E-state index in [9.17, 15) is 9.90 Å². The van der Waals surface area contributed by atoms with E-state index in [1.165, 1.54) is 0 Å². The number of carbonyl (C=O) groups is 1. The molecule has 0 radical (unpaired) electrons. The van der Waals surface area contributed by atoms with Crippen LogP contribution in [0.1, 0.15) is 56.0 Å². The first kappa shape index (κ1) is 26.8. The lowest BCUT2D eigenvalue weighted by atomic mass is 9.84. The number of phenols is 1. The summed E-state index contributed by atoms with van der Waals surface area (Å²) in [5.74, 6) is 0.0300. The minimum Gasteiger partial charge on any atom is -0.505 e. The summed E-state index contributed by atoms with van der Waals surface area (Å²) in [6.45, 7) is 6.69. The number of hydrogen-bond donors (Lipinski definition) is 3. The van der Waals surface area contributed by atoms with Crippen molar-refractivity contribution < 1.29 is 14.6 Å². The van der Waals surface area contributed by atoms with Crippen LogP contribution in [0.2, 0.25) is 0 Å². The summed E-state index contributed by atoms with van der Waals surface area (Å²) in [7, 11) is 0. The van der Waals surface area contributed by atoms with Crippen molar-refractivity contribution in [2.45, 2.75) is 45.6 Å². The summed E-state index contributed by atoms with van der Waals surface area (Å²) in [4.78, 5) is 13.1. The van der Waals surface area contributed by atoms with Crippen molar-refractivity contribution in [3.63, 3.8) is 0 Å². The molecule has 7 nitrogen and oxygen atoms in total. The quantitative estimate of drug-likeness (QED) is 0.188. The van der Waals surface area contributed by atoms with Gasteiger partial charge in [0.2, 0.25) is 0 Å². The number of nitrogens with zero attached hydrogens (tertiary/aromatic N) is 2. The first-order valence-corrected chi connectivity index (χ1v) is 13.0. The highest BCUT2D eigenvalue weighted by Gasteiger charge is 2.24. The molecule has 0 aliphatic heterocycles. The lowest BCUT2D eigenvalue weighted by Gasteiger charge is -2.28. The highest BCUT2D eigenvalue weighted by Crippen LogP contribution is 2.40. The molecular weight excluding hydrogens is 476 g/mol. The third-order valence-electron chi connectivity index (χ3n) is 6.70. The molecular formula is C31H34N4O3. The maximum absolute atomic E-state index is 13.1. The first-order chi connectivity index (χ1) is 18.4. The zero-order valence-electron chi connectivity index (χ0n) is 22.1. The van der Waals surface area contributed by atoms with Crippen LogP contribution in [0.5, 0.6) is 11.5 Å². The van der Waals surface area contributed by atoms with Gasteiger partial charge in [0, 0.05) is 16.6 Å². The predicted octanol–water partition coefficient (Wildman–Crippen LogP) is 7.98. The summed E-state index contributed by atoms with van der Waals surface area (Å²) < 4.78 is 5.45. The molecule has 0 aliphatic rings. The van der Waals surface area contributed by atoms with Gasteiger partial charge in [-0.05, 0) is 73.2 Å². The van der Waals surface area contributed by atoms with E-state index in [1.54, 1.807) is 30.3 Å². The van der Waals surface area contributed by atoms with Crippen molar-refractivity contribution in [3.8, 4) is 11.5 Å². The molecule has 0 spiro atoms. The van der Waals surface area contributed by atoms with Crippen LogP contribution in [0.3, 0.4) is 0 Å². The van der Waals surface area contributed by atoms with Crippen LogP contribution in [0.15, 0.2) is 89.1 Å². The Morgan fingerprint density at radius 3 is 2.34 bits per heavy atom. The van der Waals surface area contributed by atoms with Gasteiger partial charge in [0.1, 0.15) is 11.4 Å². The Morgan fingerprint density at radius 1 is 0.974 bits per heavy atom. The van der Waals surface area contributed by atoms with Crippen molar-refractivity contribution in [1.29, 1.82) is 0 Å². The normalized spacial score (nSPS) is 12.9. The first-order valence-electron chi connectivity index (χ1n) is 13.0. The third-order valence-corrected chi connectivity index (χ3v) is 6.70. The molecule has 0 aliphatic carbocycles. The number of azo groups is 1. The monoisotopic (exact) mass is 510 g/mol. The average molecular weight is 511 g/mol. The Kier molecular flexibility index (Phi) is 8.38. The number of fused-ring (bicyclic) bond motifs is 1. The number of amides is 1. The molecule has 4 aromatic rings. The maximum atomic E-state index is 13.1. The Morgan fingerprint density at radius 2 is 1.68 bits per heavy atom. The predicted molar refractivity (Wildman–Crippen MR) is 153 cm³/mol. The SMILES string of the molecule is CCCC(N)(CC)c1ccc(N=Nc2c(O)c(C(=O)Nc3ccc(OCC)cc3)cc3ccccc23)cc1. The summed E-state index contributed by atoms with van der Waals surface area (Å²) in [5, 5.41) is 24.2. The van der Waals surface area contributed by atoms with Gasteiger partial charge in [-0.3, -0.25) is 4.79 Å². The molecule has 0 saturated carbocycles. The molecule has 38 heavy (non-hydrogen) atoms. The van der Waals surface area contributed by atoms with Crippen LogP contribution in [0.25, 0.3) is 10.8 Å². The van der Waals surface area contributed by atoms with Gasteiger partial charge in [-0.25, -0.2) is 0 Å². The lowest BCUT2D eigenvalue weighted by molar-refractivity contribution is 0.102. The average Bonchev–Trinajstić information content (AvgIpc) is 2.93. The van der Waals surface area contributed by atoms with E-state index in [-0.39, 0.29) is 22.5 Å². The molecule has 0 fully saturated rings. The van der Waals surface area contributed by atoms with Crippen molar-refractivity contribution in [1.82, 2.24) is 0 Å². The van der Waals surface area contributed by atoms with Gasteiger partial charge in [-0.1, -0.05) is 56.7 Å². The van der Waals surface area contributed by atoms with Crippen LogP contribution in [-0.4, -0.2) is 17.6 Å². The molecule has 196 valence electrons. The summed E-state index contributed by atoms with van der Waals surface area (Å²) >= 11 is 0. The molecule has 4 N–H and O–H groups in total. The molecule has 0 heterocycles. The Balaban J connectivity index is 1.64. The van der Waals surface area contributed by atoms with Gasteiger partial charge in [0.05, 0.1) is 17.9 Å².